The second-order valence-electron chi connectivity index (χ2n) is 5.24. The van der Waals surface area contributed by atoms with Crippen LogP contribution in [0.5, 0.6) is 0 Å². The third-order valence-corrected chi connectivity index (χ3v) is 4.22. The first-order chi connectivity index (χ1) is 10.7. The van der Waals surface area contributed by atoms with Gasteiger partial charge in [0.2, 0.25) is 0 Å². The van der Waals surface area contributed by atoms with E-state index in [1.54, 1.807) is 12.1 Å². The maximum atomic E-state index is 12.7. The number of hydrogen-bond donors (Lipinski definition) is 1. The fourth-order valence-corrected chi connectivity index (χ4v) is 3.01. The Morgan fingerprint density at radius 3 is 2.41 bits per heavy atom. The van der Waals surface area contributed by atoms with Crippen LogP contribution in [0.15, 0.2) is 66.7 Å². The van der Waals surface area contributed by atoms with E-state index < -0.39 is 0 Å². The molecule has 0 spiro atoms. The van der Waals surface area contributed by atoms with E-state index in [0.717, 1.165) is 21.8 Å². The Balaban J connectivity index is 1.91. The highest BCUT2D eigenvalue weighted by Crippen LogP contribution is 2.27. The smallest absolute Gasteiger partial charge is 0.194 e. The van der Waals surface area contributed by atoms with Gasteiger partial charge in [0.15, 0.2) is 5.78 Å². The summed E-state index contributed by atoms with van der Waals surface area (Å²) in [5, 5.41) is 2.64. The molecule has 0 aliphatic carbocycles. The standard InChI is InChI=1S/C19H12ClNO/c20-16-7-3-1-6-14(16)19(22)12-9-10-18-15(11-12)13-5-2-4-8-17(13)21-18/h1-11,21H. The van der Waals surface area contributed by atoms with Crippen molar-refractivity contribution < 1.29 is 4.79 Å². The lowest BCUT2D eigenvalue weighted by Gasteiger charge is -2.04. The molecule has 4 rings (SSSR count). The summed E-state index contributed by atoms with van der Waals surface area (Å²) in [6.45, 7) is 0. The highest BCUT2D eigenvalue weighted by Gasteiger charge is 2.14. The molecule has 0 radical (unpaired) electrons. The predicted molar refractivity (Wildman–Crippen MR) is 90.7 cm³/mol. The Morgan fingerprint density at radius 1 is 0.818 bits per heavy atom. The van der Waals surface area contributed by atoms with E-state index in [4.69, 9.17) is 11.6 Å². The number of rotatable bonds is 2. The molecule has 0 aliphatic rings. The summed E-state index contributed by atoms with van der Waals surface area (Å²) in [6, 6.07) is 20.9. The molecule has 0 bridgehead atoms. The molecule has 106 valence electrons. The highest BCUT2D eigenvalue weighted by atomic mass is 35.5. The average molecular weight is 306 g/mol. The van der Waals surface area contributed by atoms with Gasteiger partial charge in [-0.1, -0.05) is 41.9 Å². The Morgan fingerprint density at radius 2 is 1.55 bits per heavy atom. The number of carbonyl (C=O) groups excluding carboxylic acids is 1. The SMILES string of the molecule is O=C(c1ccc2[nH]c3ccccc3c2c1)c1ccccc1Cl. The monoisotopic (exact) mass is 305 g/mol. The van der Waals surface area contributed by atoms with Crippen LogP contribution in [0.3, 0.4) is 0 Å². The zero-order chi connectivity index (χ0) is 15.1. The second kappa shape index (κ2) is 5.00. The zero-order valence-electron chi connectivity index (χ0n) is 11.6. The van der Waals surface area contributed by atoms with Crippen molar-refractivity contribution in [3.8, 4) is 0 Å². The van der Waals surface area contributed by atoms with Gasteiger partial charge >= 0.3 is 0 Å². The number of fused-ring (bicyclic) bond motifs is 3. The normalized spacial score (nSPS) is 11.1. The summed E-state index contributed by atoms with van der Waals surface area (Å²) in [6.07, 6.45) is 0. The number of H-pyrrole nitrogens is 1. The van der Waals surface area contributed by atoms with E-state index in [0.29, 0.717) is 16.1 Å². The number of aromatic nitrogens is 1. The maximum Gasteiger partial charge on any atom is 0.194 e. The molecule has 22 heavy (non-hydrogen) atoms. The van der Waals surface area contributed by atoms with Crippen molar-refractivity contribution in [2.45, 2.75) is 0 Å². The molecular weight excluding hydrogens is 294 g/mol. The van der Waals surface area contributed by atoms with Crippen molar-refractivity contribution in [2.24, 2.45) is 0 Å². The lowest BCUT2D eigenvalue weighted by molar-refractivity contribution is 0.103. The molecule has 0 fully saturated rings. The quantitative estimate of drug-likeness (QED) is 0.507. The van der Waals surface area contributed by atoms with Gasteiger partial charge < -0.3 is 4.98 Å². The third-order valence-electron chi connectivity index (χ3n) is 3.89. The van der Waals surface area contributed by atoms with E-state index >= 15 is 0 Å². The fourth-order valence-electron chi connectivity index (χ4n) is 2.79. The van der Waals surface area contributed by atoms with Crippen molar-refractivity contribution in [3.05, 3.63) is 82.9 Å². The van der Waals surface area contributed by atoms with E-state index in [1.807, 2.05) is 48.5 Å². The Bertz CT molecular complexity index is 1020. The molecule has 0 atom stereocenters. The molecule has 0 unspecified atom stereocenters. The first kappa shape index (κ1) is 13.1. The van der Waals surface area contributed by atoms with E-state index in [-0.39, 0.29) is 5.78 Å². The Labute approximate surface area is 132 Å². The third kappa shape index (κ3) is 2.00. The van der Waals surface area contributed by atoms with Crippen LogP contribution in [0.2, 0.25) is 5.02 Å². The zero-order valence-corrected chi connectivity index (χ0v) is 12.4. The van der Waals surface area contributed by atoms with E-state index in [1.165, 1.54) is 0 Å². The Kier molecular flexibility index (Phi) is 2.98. The van der Waals surface area contributed by atoms with Crippen LogP contribution < -0.4 is 0 Å². The minimum atomic E-state index is -0.0576. The molecule has 1 N–H and O–H groups in total. The van der Waals surface area contributed by atoms with Crippen molar-refractivity contribution in [1.82, 2.24) is 4.98 Å². The van der Waals surface area contributed by atoms with Gasteiger partial charge in [0.1, 0.15) is 0 Å². The van der Waals surface area contributed by atoms with Crippen LogP contribution in [0, 0.1) is 0 Å². The van der Waals surface area contributed by atoms with Crippen molar-refractivity contribution in [1.29, 1.82) is 0 Å². The number of nitrogens with one attached hydrogen (secondary N) is 1. The van der Waals surface area contributed by atoms with Crippen molar-refractivity contribution in [3.63, 3.8) is 0 Å². The summed E-state index contributed by atoms with van der Waals surface area (Å²) in [5.74, 6) is -0.0576. The number of para-hydroxylation sites is 1. The lowest BCUT2D eigenvalue weighted by Crippen LogP contribution is -2.01. The van der Waals surface area contributed by atoms with Gasteiger partial charge in [0, 0.05) is 32.9 Å². The van der Waals surface area contributed by atoms with Crippen LogP contribution in [0.25, 0.3) is 21.8 Å². The average Bonchev–Trinajstić information content (AvgIpc) is 2.92. The van der Waals surface area contributed by atoms with E-state index in [9.17, 15) is 4.79 Å². The van der Waals surface area contributed by atoms with Gasteiger partial charge in [-0.3, -0.25) is 4.79 Å². The number of halogens is 1. The van der Waals surface area contributed by atoms with Gasteiger partial charge in [-0.2, -0.15) is 0 Å². The largest absolute Gasteiger partial charge is 0.355 e. The summed E-state index contributed by atoms with van der Waals surface area (Å²) < 4.78 is 0. The molecule has 3 heteroatoms. The maximum absolute atomic E-state index is 12.7. The van der Waals surface area contributed by atoms with Crippen molar-refractivity contribution in [2.75, 3.05) is 0 Å². The number of carbonyl (C=O) groups is 1. The first-order valence-electron chi connectivity index (χ1n) is 7.04. The van der Waals surface area contributed by atoms with Crippen LogP contribution >= 0.6 is 11.6 Å². The molecular formula is C19H12ClNO. The summed E-state index contributed by atoms with van der Waals surface area (Å²) in [5.41, 5.74) is 3.27. The molecule has 3 aromatic carbocycles. The topological polar surface area (TPSA) is 32.9 Å². The van der Waals surface area contributed by atoms with Crippen LogP contribution in [-0.4, -0.2) is 10.8 Å². The number of ketones is 1. The van der Waals surface area contributed by atoms with E-state index in [2.05, 4.69) is 11.1 Å². The lowest BCUT2D eigenvalue weighted by atomic mass is 10.0. The molecule has 0 saturated carbocycles. The molecule has 0 amide bonds. The highest BCUT2D eigenvalue weighted by molar-refractivity contribution is 6.35. The molecule has 0 saturated heterocycles. The van der Waals surface area contributed by atoms with Crippen LogP contribution in [0.1, 0.15) is 15.9 Å². The van der Waals surface area contributed by atoms with Crippen LogP contribution in [-0.2, 0) is 0 Å². The van der Waals surface area contributed by atoms with Gasteiger partial charge in [-0.05, 0) is 36.4 Å². The minimum absolute atomic E-state index is 0.0576. The number of benzene rings is 3. The summed E-state index contributed by atoms with van der Waals surface area (Å²) in [7, 11) is 0. The number of aromatic amines is 1. The summed E-state index contributed by atoms with van der Waals surface area (Å²) in [4.78, 5) is 16.0. The van der Waals surface area contributed by atoms with Gasteiger partial charge in [-0.25, -0.2) is 0 Å². The van der Waals surface area contributed by atoms with Gasteiger partial charge in [0.05, 0.1) is 5.02 Å². The van der Waals surface area contributed by atoms with Gasteiger partial charge in [0.25, 0.3) is 0 Å². The Hall–Kier alpha value is -2.58. The predicted octanol–water partition coefficient (Wildman–Crippen LogP) is 5.21. The van der Waals surface area contributed by atoms with Crippen LogP contribution in [0.4, 0.5) is 0 Å². The molecule has 0 aliphatic heterocycles. The fraction of sp³-hybridized carbons (Fsp3) is 0. The summed E-state index contributed by atoms with van der Waals surface area (Å²) >= 11 is 6.13. The molecule has 4 aromatic rings. The van der Waals surface area contributed by atoms with Gasteiger partial charge in [-0.15, -0.1) is 0 Å². The van der Waals surface area contributed by atoms with Crippen molar-refractivity contribution >= 4 is 39.2 Å². The second-order valence-corrected chi connectivity index (χ2v) is 5.65. The molecule has 1 heterocycles. The first-order valence-corrected chi connectivity index (χ1v) is 7.41. The number of hydrogen-bond acceptors (Lipinski definition) is 1. The minimum Gasteiger partial charge on any atom is -0.355 e. The molecule has 2 nitrogen and oxygen atoms in total. The molecule has 1 aromatic heterocycles.